The van der Waals surface area contributed by atoms with E-state index in [2.05, 4.69) is 0 Å². The minimum atomic E-state index is -0.851. The maximum Gasteiger partial charge on any atom is 0.187 e. The molecule has 0 aliphatic heterocycles. The lowest BCUT2D eigenvalue weighted by Gasteiger charge is -2.07. The minimum absolute atomic E-state index is 0.273. The number of phenolic OH excluding ortho intramolecular Hbond substituents is 3. The Balaban J connectivity index is 3.28. The predicted molar refractivity (Wildman–Crippen MR) is 51.1 cm³/mol. The molecule has 0 radical (unpaired) electrons. The van der Waals surface area contributed by atoms with E-state index in [0.717, 1.165) is 12.1 Å². The van der Waals surface area contributed by atoms with Crippen LogP contribution >= 0.6 is 11.6 Å². The van der Waals surface area contributed by atoms with Crippen LogP contribution in [0.3, 0.4) is 0 Å². The molecule has 3 N–H and O–H groups in total. The molecule has 1 atom stereocenters. The van der Waals surface area contributed by atoms with Gasteiger partial charge in [-0.2, -0.15) is 0 Å². The second-order valence-corrected chi connectivity index (χ2v) is 3.49. The van der Waals surface area contributed by atoms with Crippen LogP contribution in [0.1, 0.15) is 17.3 Å². The van der Waals surface area contributed by atoms with E-state index in [4.69, 9.17) is 16.7 Å². The molecular weight excluding hydrogens is 208 g/mol. The average molecular weight is 217 g/mol. The highest BCUT2D eigenvalue weighted by molar-refractivity contribution is 6.34. The first kappa shape index (κ1) is 10.7. The van der Waals surface area contributed by atoms with Crippen molar-refractivity contribution in [1.29, 1.82) is 0 Å². The van der Waals surface area contributed by atoms with Crippen LogP contribution in [0.25, 0.3) is 0 Å². The Bertz CT molecular complexity index is 350. The van der Waals surface area contributed by atoms with Crippen LogP contribution < -0.4 is 0 Å². The summed E-state index contributed by atoms with van der Waals surface area (Å²) in [5, 5.41) is 26.7. The first-order chi connectivity index (χ1) is 6.43. The number of aromatic hydroxyl groups is 3. The van der Waals surface area contributed by atoms with Crippen LogP contribution in [0, 0.1) is 0 Å². The van der Waals surface area contributed by atoms with Gasteiger partial charge in [-0.15, -0.1) is 11.6 Å². The second-order valence-electron chi connectivity index (χ2n) is 2.84. The molecule has 1 aromatic carbocycles. The number of phenols is 3. The summed E-state index contributed by atoms with van der Waals surface area (Å²) in [7, 11) is 0. The molecule has 0 saturated heterocycles. The predicted octanol–water partition coefficient (Wildman–Crippen LogP) is 1.61. The number of alkyl halides is 1. The Morgan fingerprint density at radius 1 is 1.29 bits per heavy atom. The lowest BCUT2D eigenvalue weighted by molar-refractivity contribution is 0.0986. The average Bonchev–Trinajstić information content (AvgIpc) is 2.01. The Labute approximate surface area is 85.4 Å². The normalized spacial score (nSPS) is 12.4. The van der Waals surface area contributed by atoms with Crippen molar-refractivity contribution in [3.05, 3.63) is 17.7 Å². The highest BCUT2D eigenvalue weighted by atomic mass is 35.5. The lowest BCUT2D eigenvalue weighted by atomic mass is 10.1. The lowest BCUT2D eigenvalue weighted by Crippen LogP contribution is -2.10. The molecule has 76 valence electrons. The second kappa shape index (κ2) is 3.75. The van der Waals surface area contributed by atoms with Gasteiger partial charge in [0.25, 0.3) is 0 Å². The largest absolute Gasteiger partial charge is 0.508 e. The van der Waals surface area contributed by atoms with Crippen LogP contribution in [0.4, 0.5) is 0 Å². The van der Waals surface area contributed by atoms with Crippen molar-refractivity contribution in [2.45, 2.75) is 12.3 Å². The van der Waals surface area contributed by atoms with E-state index in [1.807, 2.05) is 0 Å². The van der Waals surface area contributed by atoms with Crippen molar-refractivity contribution >= 4 is 17.4 Å². The van der Waals surface area contributed by atoms with E-state index in [-0.39, 0.29) is 11.3 Å². The van der Waals surface area contributed by atoms with E-state index in [1.165, 1.54) is 6.92 Å². The summed E-state index contributed by atoms with van der Waals surface area (Å²) in [4.78, 5) is 11.4. The molecule has 0 amide bonds. The molecule has 0 fully saturated rings. The number of ketones is 1. The molecule has 0 aliphatic rings. The van der Waals surface area contributed by atoms with Gasteiger partial charge >= 0.3 is 0 Å². The molecular formula is C9H9ClO4. The van der Waals surface area contributed by atoms with Gasteiger partial charge in [0.1, 0.15) is 22.8 Å². The molecule has 1 unspecified atom stereocenters. The number of carbonyl (C=O) groups is 1. The molecule has 0 heterocycles. The number of hydrogen-bond acceptors (Lipinski definition) is 4. The SMILES string of the molecule is CC(Cl)C(=O)c1c(O)cc(O)cc1O. The highest BCUT2D eigenvalue weighted by Crippen LogP contribution is 2.33. The van der Waals surface area contributed by atoms with Gasteiger partial charge < -0.3 is 15.3 Å². The molecule has 4 nitrogen and oxygen atoms in total. The van der Waals surface area contributed by atoms with Crippen LogP contribution in [0.5, 0.6) is 17.2 Å². The molecule has 14 heavy (non-hydrogen) atoms. The minimum Gasteiger partial charge on any atom is -0.508 e. The summed E-state index contributed by atoms with van der Waals surface area (Å²) in [5.41, 5.74) is -0.273. The molecule has 0 aromatic heterocycles. The molecule has 0 aliphatic carbocycles. The Morgan fingerprint density at radius 3 is 2.07 bits per heavy atom. The topological polar surface area (TPSA) is 77.8 Å². The highest BCUT2D eigenvalue weighted by Gasteiger charge is 2.21. The number of Topliss-reactive ketones (excluding diaryl/α,β-unsaturated/α-hetero) is 1. The Morgan fingerprint density at radius 2 is 1.71 bits per heavy atom. The smallest absolute Gasteiger partial charge is 0.187 e. The van der Waals surface area contributed by atoms with Gasteiger partial charge in [-0.3, -0.25) is 4.79 Å². The first-order valence-corrected chi connectivity index (χ1v) is 4.30. The van der Waals surface area contributed by atoms with Gasteiger partial charge in [-0.25, -0.2) is 0 Å². The maximum absolute atomic E-state index is 11.4. The molecule has 1 aromatic rings. The Hall–Kier alpha value is -1.42. The number of hydrogen-bond donors (Lipinski definition) is 3. The van der Waals surface area contributed by atoms with Gasteiger partial charge in [0.2, 0.25) is 0 Å². The van der Waals surface area contributed by atoms with Crippen LogP contribution in [0.15, 0.2) is 12.1 Å². The van der Waals surface area contributed by atoms with Crippen molar-refractivity contribution in [2.75, 3.05) is 0 Å². The van der Waals surface area contributed by atoms with E-state index in [1.54, 1.807) is 0 Å². The molecule has 0 bridgehead atoms. The monoisotopic (exact) mass is 216 g/mol. The standard InChI is InChI=1S/C9H9ClO4/c1-4(10)9(14)8-6(12)2-5(11)3-7(8)13/h2-4,11-13H,1H3. The zero-order valence-corrected chi connectivity index (χ0v) is 8.12. The van der Waals surface area contributed by atoms with E-state index in [9.17, 15) is 15.0 Å². The summed E-state index contributed by atoms with van der Waals surface area (Å²) in [6, 6.07) is 1.93. The number of carbonyl (C=O) groups excluding carboxylic acids is 1. The van der Waals surface area contributed by atoms with Crippen molar-refractivity contribution < 1.29 is 20.1 Å². The third-order valence-corrected chi connectivity index (χ3v) is 1.89. The number of halogens is 1. The fourth-order valence-electron chi connectivity index (χ4n) is 1.05. The first-order valence-electron chi connectivity index (χ1n) is 3.86. The van der Waals surface area contributed by atoms with Crippen LogP contribution in [0.2, 0.25) is 0 Å². The maximum atomic E-state index is 11.4. The molecule has 1 rings (SSSR count). The van der Waals surface area contributed by atoms with Gasteiger partial charge in [-0.1, -0.05) is 0 Å². The van der Waals surface area contributed by atoms with Crippen molar-refractivity contribution in [3.63, 3.8) is 0 Å². The van der Waals surface area contributed by atoms with Gasteiger partial charge in [0.05, 0.1) is 5.38 Å². The summed E-state index contributed by atoms with van der Waals surface area (Å²) >= 11 is 5.51. The summed E-state index contributed by atoms with van der Waals surface area (Å²) in [6.07, 6.45) is 0. The molecule has 0 saturated carbocycles. The summed E-state index contributed by atoms with van der Waals surface area (Å²) in [6.45, 7) is 1.43. The number of rotatable bonds is 2. The van der Waals surface area contributed by atoms with Crippen LogP contribution in [-0.4, -0.2) is 26.5 Å². The van der Waals surface area contributed by atoms with Crippen molar-refractivity contribution in [1.82, 2.24) is 0 Å². The van der Waals surface area contributed by atoms with Gasteiger partial charge in [-0.05, 0) is 6.92 Å². The number of benzene rings is 1. The van der Waals surface area contributed by atoms with E-state index < -0.39 is 22.7 Å². The quantitative estimate of drug-likeness (QED) is 0.519. The van der Waals surface area contributed by atoms with Crippen molar-refractivity contribution in [3.8, 4) is 17.2 Å². The van der Waals surface area contributed by atoms with Crippen LogP contribution in [-0.2, 0) is 0 Å². The fraction of sp³-hybridized carbons (Fsp3) is 0.222. The summed E-state index contributed by atoms with van der Waals surface area (Å²) in [5.74, 6) is -1.89. The van der Waals surface area contributed by atoms with Gasteiger partial charge in [0, 0.05) is 12.1 Å². The van der Waals surface area contributed by atoms with Crippen molar-refractivity contribution in [2.24, 2.45) is 0 Å². The zero-order valence-electron chi connectivity index (χ0n) is 7.36. The van der Waals surface area contributed by atoms with E-state index in [0.29, 0.717) is 0 Å². The van der Waals surface area contributed by atoms with Gasteiger partial charge in [0.15, 0.2) is 5.78 Å². The molecule has 5 heteroatoms. The summed E-state index contributed by atoms with van der Waals surface area (Å²) < 4.78 is 0. The third kappa shape index (κ3) is 1.90. The zero-order chi connectivity index (χ0) is 10.9. The third-order valence-electron chi connectivity index (χ3n) is 1.69. The fourth-order valence-corrected chi connectivity index (χ4v) is 1.16. The molecule has 0 spiro atoms. The van der Waals surface area contributed by atoms with E-state index >= 15 is 0 Å². The Kier molecular flexibility index (Phi) is 2.86.